The van der Waals surface area contributed by atoms with Crippen LogP contribution in [0.25, 0.3) is 0 Å². The van der Waals surface area contributed by atoms with E-state index in [1.54, 1.807) is 7.05 Å². The van der Waals surface area contributed by atoms with E-state index in [0.29, 0.717) is 24.8 Å². The Balaban J connectivity index is 2.06. The summed E-state index contributed by atoms with van der Waals surface area (Å²) in [6, 6.07) is 3.20. The molecule has 1 aliphatic rings. The molecule has 23 heavy (non-hydrogen) atoms. The Bertz CT molecular complexity index is 616. The normalized spacial score (nSPS) is 19.1. The molecule has 1 atom stereocenters. The molecule has 1 saturated heterocycles. The molecule has 1 heterocycles. The van der Waals surface area contributed by atoms with Gasteiger partial charge in [-0.1, -0.05) is 23.7 Å². The maximum atomic E-state index is 12.8. The van der Waals surface area contributed by atoms with E-state index in [0.717, 1.165) is 6.07 Å². The number of rotatable bonds is 4. The number of halogens is 4. The Hall–Kier alpha value is -1.56. The fourth-order valence-electron chi connectivity index (χ4n) is 2.78. The minimum atomic E-state index is -4.52. The summed E-state index contributed by atoms with van der Waals surface area (Å²) in [6.45, 7) is 0. The number of hydrogen-bond acceptors (Lipinski definition) is 2. The van der Waals surface area contributed by atoms with Crippen molar-refractivity contribution in [3.63, 3.8) is 0 Å². The number of piperidine rings is 1. The quantitative estimate of drug-likeness (QED) is 0.829. The molecule has 0 spiro atoms. The number of amides is 1. The average Bonchev–Trinajstić information content (AvgIpc) is 2.47. The van der Waals surface area contributed by atoms with Crippen LogP contribution in [0.1, 0.15) is 36.8 Å². The molecule has 0 aliphatic carbocycles. The summed E-state index contributed by atoms with van der Waals surface area (Å²) in [5, 5.41) is -0.360. The van der Waals surface area contributed by atoms with Gasteiger partial charge in [0, 0.05) is 19.9 Å². The van der Waals surface area contributed by atoms with Crippen LogP contribution in [0.4, 0.5) is 13.2 Å². The Kier molecular flexibility index (Phi) is 5.34. The van der Waals surface area contributed by atoms with E-state index in [-0.39, 0.29) is 29.6 Å². The largest absolute Gasteiger partial charge is 0.417 e. The molecule has 0 N–H and O–H groups in total. The number of carbonyl (C=O) groups is 2. The molecule has 3 nitrogen and oxygen atoms in total. The molecule has 1 aromatic rings. The van der Waals surface area contributed by atoms with Gasteiger partial charge >= 0.3 is 6.18 Å². The first-order chi connectivity index (χ1) is 10.7. The molecule has 1 fully saturated rings. The lowest BCUT2D eigenvalue weighted by Crippen LogP contribution is -2.45. The first-order valence-corrected chi connectivity index (χ1v) is 7.72. The van der Waals surface area contributed by atoms with Crippen LogP contribution in [0.3, 0.4) is 0 Å². The van der Waals surface area contributed by atoms with E-state index in [4.69, 9.17) is 11.6 Å². The van der Waals surface area contributed by atoms with Crippen molar-refractivity contribution in [1.82, 2.24) is 4.90 Å². The van der Waals surface area contributed by atoms with Gasteiger partial charge in [0.05, 0.1) is 16.6 Å². The van der Waals surface area contributed by atoms with E-state index in [1.165, 1.54) is 17.0 Å². The fraction of sp³-hybridized carbons (Fsp3) is 0.500. The highest BCUT2D eigenvalue weighted by atomic mass is 35.5. The van der Waals surface area contributed by atoms with Gasteiger partial charge in [0.15, 0.2) is 5.78 Å². The fourth-order valence-corrected chi connectivity index (χ4v) is 3.11. The molecule has 0 bridgehead atoms. The number of hydrogen-bond donors (Lipinski definition) is 0. The van der Waals surface area contributed by atoms with Crippen LogP contribution < -0.4 is 0 Å². The Morgan fingerprint density at radius 1 is 1.39 bits per heavy atom. The SMILES string of the molecule is CN1C(=O)CCCC1C(=O)CCc1cccc(C(F)(F)F)c1Cl. The van der Waals surface area contributed by atoms with Crippen molar-refractivity contribution in [1.29, 1.82) is 0 Å². The lowest BCUT2D eigenvalue weighted by Gasteiger charge is -2.31. The summed E-state index contributed by atoms with van der Waals surface area (Å²) < 4.78 is 38.5. The number of nitrogens with zero attached hydrogens (tertiary/aromatic N) is 1. The van der Waals surface area contributed by atoms with E-state index in [1.807, 2.05) is 0 Å². The maximum absolute atomic E-state index is 12.8. The van der Waals surface area contributed by atoms with Crippen LogP contribution in [-0.2, 0) is 22.2 Å². The third-order valence-electron chi connectivity index (χ3n) is 4.13. The number of aryl methyl sites for hydroxylation is 1. The molecular weight excluding hydrogens is 331 g/mol. The smallest absolute Gasteiger partial charge is 0.336 e. The molecule has 0 radical (unpaired) electrons. The van der Waals surface area contributed by atoms with Crippen LogP contribution in [0.5, 0.6) is 0 Å². The topological polar surface area (TPSA) is 37.4 Å². The molecule has 1 unspecified atom stereocenters. The summed E-state index contributed by atoms with van der Waals surface area (Å²) in [4.78, 5) is 25.3. The van der Waals surface area contributed by atoms with Gasteiger partial charge in [0.2, 0.25) is 5.91 Å². The van der Waals surface area contributed by atoms with Crippen molar-refractivity contribution < 1.29 is 22.8 Å². The van der Waals surface area contributed by atoms with E-state index in [9.17, 15) is 22.8 Å². The lowest BCUT2D eigenvalue weighted by molar-refractivity contribution is -0.141. The van der Waals surface area contributed by atoms with Gasteiger partial charge < -0.3 is 4.90 Å². The molecule has 7 heteroatoms. The number of alkyl halides is 3. The predicted molar refractivity (Wildman–Crippen MR) is 80.2 cm³/mol. The van der Waals surface area contributed by atoms with Crippen LogP contribution in [0.15, 0.2) is 18.2 Å². The van der Waals surface area contributed by atoms with Crippen molar-refractivity contribution in [2.45, 2.75) is 44.3 Å². The van der Waals surface area contributed by atoms with Crippen molar-refractivity contribution in [2.24, 2.45) is 0 Å². The Morgan fingerprint density at radius 3 is 2.74 bits per heavy atom. The standard InChI is InChI=1S/C16H17ClF3NO2/c1-21-12(6-3-7-14(21)23)13(22)9-8-10-4-2-5-11(15(10)17)16(18,19)20/h2,4-5,12H,3,6-9H2,1H3. The summed E-state index contributed by atoms with van der Waals surface area (Å²) >= 11 is 5.82. The Morgan fingerprint density at radius 2 is 2.09 bits per heavy atom. The van der Waals surface area contributed by atoms with Crippen LogP contribution >= 0.6 is 11.6 Å². The molecule has 1 amide bonds. The third-order valence-corrected chi connectivity index (χ3v) is 4.57. The number of carbonyl (C=O) groups excluding carboxylic acids is 2. The zero-order valence-corrected chi connectivity index (χ0v) is 13.4. The van der Waals surface area contributed by atoms with E-state index >= 15 is 0 Å². The van der Waals surface area contributed by atoms with Crippen LogP contribution in [0, 0.1) is 0 Å². The Labute approximate surface area is 137 Å². The van der Waals surface area contributed by atoms with Crippen molar-refractivity contribution >= 4 is 23.3 Å². The maximum Gasteiger partial charge on any atom is 0.417 e. The number of likely N-dealkylation sites (tertiary alicyclic amines) is 1. The molecule has 0 aromatic heterocycles. The second-order valence-corrected chi connectivity index (χ2v) is 6.03. The number of ketones is 1. The number of likely N-dealkylation sites (N-methyl/N-ethyl adjacent to an activating group) is 1. The molecule has 0 saturated carbocycles. The molecule has 1 aromatic carbocycles. The van der Waals surface area contributed by atoms with Gasteiger partial charge in [-0.3, -0.25) is 9.59 Å². The van der Waals surface area contributed by atoms with Gasteiger partial charge in [-0.05, 0) is 30.9 Å². The van der Waals surface area contributed by atoms with Crippen molar-refractivity contribution in [3.05, 3.63) is 34.3 Å². The lowest BCUT2D eigenvalue weighted by atomic mass is 9.94. The minimum Gasteiger partial charge on any atom is -0.336 e. The average molecular weight is 348 g/mol. The van der Waals surface area contributed by atoms with Crippen molar-refractivity contribution in [3.8, 4) is 0 Å². The summed E-state index contributed by atoms with van der Waals surface area (Å²) in [5.41, 5.74) is -0.603. The van der Waals surface area contributed by atoms with Gasteiger partial charge in [-0.15, -0.1) is 0 Å². The summed E-state index contributed by atoms with van der Waals surface area (Å²) in [6.07, 6.45) is -2.66. The monoisotopic (exact) mass is 347 g/mol. The van der Waals surface area contributed by atoms with Crippen LogP contribution in [-0.4, -0.2) is 29.7 Å². The highest BCUT2D eigenvalue weighted by Gasteiger charge is 2.34. The predicted octanol–water partition coefficient (Wildman–Crippen LogP) is 3.87. The minimum absolute atomic E-state index is 0.0588. The van der Waals surface area contributed by atoms with Gasteiger partial charge in [0.25, 0.3) is 0 Å². The van der Waals surface area contributed by atoms with Gasteiger partial charge in [-0.25, -0.2) is 0 Å². The van der Waals surface area contributed by atoms with Gasteiger partial charge in [-0.2, -0.15) is 13.2 Å². The molecule has 126 valence electrons. The zero-order chi connectivity index (χ0) is 17.2. The summed E-state index contributed by atoms with van der Waals surface area (Å²) in [5.74, 6) is -0.222. The molecule has 1 aliphatic heterocycles. The number of Topliss-reactive ketones (excluding diaryl/α,β-unsaturated/α-hetero) is 1. The zero-order valence-electron chi connectivity index (χ0n) is 12.6. The highest BCUT2D eigenvalue weighted by Crippen LogP contribution is 2.36. The van der Waals surface area contributed by atoms with Crippen LogP contribution in [0.2, 0.25) is 5.02 Å². The first-order valence-electron chi connectivity index (χ1n) is 7.34. The molecule has 2 rings (SSSR count). The third kappa shape index (κ3) is 4.05. The highest BCUT2D eigenvalue weighted by molar-refractivity contribution is 6.32. The van der Waals surface area contributed by atoms with Crippen molar-refractivity contribution in [2.75, 3.05) is 7.05 Å². The second kappa shape index (κ2) is 6.91. The van der Waals surface area contributed by atoms with E-state index in [2.05, 4.69) is 0 Å². The first kappa shape index (κ1) is 17.8. The number of benzene rings is 1. The summed E-state index contributed by atoms with van der Waals surface area (Å²) in [7, 11) is 1.58. The van der Waals surface area contributed by atoms with Gasteiger partial charge in [0.1, 0.15) is 0 Å². The van der Waals surface area contributed by atoms with E-state index < -0.39 is 17.8 Å². The molecular formula is C16H17ClF3NO2. The second-order valence-electron chi connectivity index (χ2n) is 5.66.